The van der Waals surface area contributed by atoms with Gasteiger partial charge in [0.2, 0.25) is 0 Å². The van der Waals surface area contributed by atoms with Gasteiger partial charge in [0.1, 0.15) is 11.4 Å². The highest BCUT2D eigenvalue weighted by Crippen LogP contribution is 2.72. The van der Waals surface area contributed by atoms with Gasteiger partial charge >= 0.3 is 35.5 Å². The van der Waals surface area contributed by atoms with Crippen LogP contribution in [0.15, 0.2) is 6.07 Å². The van der Waals surface area contributed by atoms with Crippen LogP contribution in [0, 0.1) is 17.5 Å². The first kappa shape index (κ1) is 32.5. The second-order valence-corrected chi connectivity index (χ2v) is 9.66. The van der Waals surface area contributed by atoms with Crippen molar-refractivity contribution in [3.63, 3.8) is 0 Å². The Kier molecular flexibility index (Phi) is 9.31. The number of halogens is 17. The quantitative estimate of drug-likeness (QED) is 0.111. The van der Waals surface area contributed by atoms with Crippen LogP contribution in [0.3, 0.4) is 0 Å². The Morgan fingerprint density at radius 2 is 1.17 bits per heavy atom. The molecule has 0 saturated carbocycles. The molecule has 1 unspecified atom stereocenters. The molecule has 1 aromatic carbocycles. The van der Waals surface area contributed by atoms with Crippen molar-refractivity contribution in [2.45, 2.75) is 74.6 Å². The Morgan fingerprint density at radius 1 is 0.667 bits per heavy atom. The minimum atomic E-state index is -7.36. The first-order chi connectivity index (χ1) is 15.9. The first-order valence-electron chi connectivity index (χ1n) is 9.52. The maximum Gasteiger partial charge on any atom is 0.458 e. The zero-order valence-corrected chi connectivity index (χ0v) is 18.4. The van der Waals surface area contributed by atoms with Crippen molar-refractivity contribution < 1.29 is 74.6 Å². The number of benzene rings is 1. The number of hydrogen-bond donors (Lipinski definition) is 0. The standard InChI is InChI=1S/C18H14F17P/c1-2-3-4-5-6-13(22,23)15(27,28)17(32,33)36(18(34,35)16(29,30)31)9-7-8(19)11(20)10(12(9)21)14(24,25)26/h7H,2-6H2,1H3. The molecule has 0 aliphatic carbocycles. The number of hydrogen-bond acceptors (Lipinski definition) is 0. The van der Waals surface area contributed by atoms with Crippen LogP contribution in [0.25, 0.3) is 0 Å². The lowest BCUT2D eigenvalue weighted by atomic mass is 10.0. The van der Waals surface area contributed by atoms with Crippen molar-refractivity contribution in [1.82, 2.24) is 0 Å². The molecular formula is C18H14F17P. The van der Waals surface area contributed by atoms with E-state index in [1.807, 2.05) is 0 Å². The second kappa shape index (κ2) is 10.3. The summed E-state index contributed by atoms with van der Waals surface area (Å²) in [7, 11) is -6.82. The van der Waals surface area contributed by atoms with E-state index >= 15 is 0 Å². The fourth-order valence-corrected chi connectivity index (χ4v) is 5.11. The SMILES string of the molecule is CCCCCCC(F)(F)C(F)(F)C(F)(F)P(c1cc(F)c(F)c(C(F)(F)F)c1F)C(F)(F)C(F)(F)F. The smallest absolute Gasteiger partial charge is 0.206 e. The Morgan fingerprint density at radius 3 is 1.58 bits per heavy atom. The third kappa shape index (κ3) is 5.79. The molecule has 1 rings (SSSR count). The molecular weight excluding hydrogens is 570 g/mol. The molecule has 0 N–H and O–H groups in total. The van der Waals surface area contributed by atoms with E-state index in [4.69, 9.17) is 0 Å². The molecule has 0 aromatic heterocycles. The van der Waals surface area contributed by atoms with Crippen LogP contribution in [0.1, 0.15) is 44.6 Å². The summed E-state index contributed by atoms with van der Waals surface area (Å²) in [5, 5.41) is -3.38. The predicted molar refractivity (Wildman–Crippen MR) is 92.5 cm³/mol. The lowest BCUT2D eigenvalue weighted by Gasteiger charge is -2.40. The van der Waals surface area contributed by atoms with E-state index in [1.54, 1.807) is 0 Å². The maximum absolute atomic E-state index is 14.6. The molecule has 210 valence electrons. The van der Waals surface area contributed by atoms with E-state index in [9.17, 15) is 74.6 Å². The molecule has 0 saturated heterocycles. The molecule has 36 heavy (non-hydrogen) atoms. The van der Waals surface area contributed by atoms with Crippen LogP contribution in [-0.4, -0.2) is 29.3 Å². The van der Waals surface area contributed by atoms with E-state index in [0.717, 1.165) is 0 Å². The van der Waals surface area contributed by atoms with Gasteiger partial charge in [0.05, 0.1) is 7.92 Å². The van der Waals surface area contributed by atoms with Gasteiger partial charge in [-0.3, -0.25) is 0 Å². The molecule has 0 nitrogen and oxygen atoms in total. The molecule has 1 aromatic rings. The number of unbranched alkanes of at least 4 members (excludes halogenated alkanes) is 3. The highest BCUT2D eigenvalue weighted by Gasteiger charge is 2.81. The van der Waals surface area contributed by atoms with Crippen molar-refractivity contribution in [3.05, 3.63) is 29.1 Å². The average molecular weight is 584 g/mol. The van der Waals surface area contributed by atoms with Crippen LogP contribution in [0.5, 0.6) is 0 Å². The van der Waals surface area contributed by atoms with Crippen LogP contribution in [0.4, 0.5) is 74.6 Å². The van der Waals surface area contributed by atoms with Gasteiger partial charge in [-0.25, -0.2) is 13.2 Å². The number of alkyl halides is 14. The molecule has 0 amide bonds. The fourth-order valence-electron chi connectivity index (χ4n) is 2.90. The van der Waals surface area contributed by atoms with E-state index in [0.29, 0.717) is 6.42 Å². The highest BCUT2D eigenvalue weighted by molar-refractivity contribution is 7.68. The predicted octanol–water partition coefficient (Wildman–Crippen LogP) is 9.22. The molecule has 0 bridgehead atoms. The molecule has 0 aliphatic heterocycles. The minimum Gasteiger partial charge on any atom is -0.206 e. The third-order valence-electron chi connectivity index (χ3n) is 4.75. The van der Waals surface area contributed by atoms with E-state index in [1.165, 1.54) is 6.92 Å². The summed E-state index contributed by atoms with van der Waals surface area (Å²) in [6.07, 6.45) is -16.9. The van der Waals surface area contributed by atoms with Gasteiger partial charge in [0.25, 0.3) is 0 Å². The highest BCUT2D eigenvalue weighted by atomic mass is 31.1. The lowest BCUT2D eigenvalue weighted by molar-refractivity contribution is -0.287. The summed E-state index contributed by atoms with van der Waals surface area (Å²) in [4.78, 5) is 0. The molecule has 18 heteroatoms. The monoisotopic (exact) mass is 584 g/mol. The van der Waals surface area contributed by atoms with Crippen molar-refractivity contribution in [3.8, 4) is 0 Å². The summed E-state index contributed by atoms with van der Waals surface area (Å²) in [5.74, 6) is -23.3. The topological polar surface area (TPSA) is 0 Å². The Labute approximate surface area is 192 Å². The van der Waals surface area contributed by atoms with E-state index < -0.39 is 90.7 Å². The Hall–Kier alpha value is -1.54. The Bertz CT molecular complexity index is 916. The van der Waals surface area contributed by atoms with Crippen LogP contribution < -0.4 is 5.30 Å². The second-order valence-electron chi connectivity index (χ2n) is 7.38. The van der Waals surface area contributed by atoms with Gasteiger partial charge in [0, 0.05) is 11.7 Å². The van der Waals surface area contributed by atoms with Crippen molar-refractivity contribution >= 4 is 13.2 Å². The first-order valence-corrected chi connectivity index (χ1v) is 10.9. The van der Waals surface area contributed by atoms with Crippen molar-refractivity contribution in [2.75, 3.05) is 0 Å². The van der Waals surface area contributed by atoms with Crippen molar-refractivity contribution in [2.24, 2.45) is 0 Å². The summed E-state index contributed by atoms with van der Waals surface area (Å²) >= 11 is 0. The summed E-state index contributed by atoms with van der Waals surface area (Å²) in [5.41, 5.74) is -18.2. The minimum absolute atomic E-state index is 0.0944. The molecule has 0 heterocycles. The van der Waals surface area contributed by atoms with Gasteiger partial charge in [-0.15, -0.1) is 0 Å². The molecule has 0 radical (unpaired) electrons. The number of rotatable bonds is 10. The largest absolute Gasteiger partial charge is 0.458 e. The van der Waals surface area contributed by atoms with Crippen molar-refractivity contribution in [1.29, 1.82) is 0 Å². The van der Waals surface area contributed by atoms with Crippen LogP contribution in [-0.2, 0) is 6.18 Å². The maximum atomic E-state index is 14.6. The average Bonchev–Trinajstić information content (AvgIpc) is 2.67. The zero-order valence-electron chi connectivity index (χ0n) is 17.5. The van der Waals surface area contributed by atoms with Gasteiger partial charge in [-0.2, -0.15) is 61.5 Å². The zero-order chi connectivity index (χ0) is 28.7. The normalized spacial score (nSPS) is 15.4. The van der Waals surface area contributed by atoms with E-state index in [-0.39, 0.29) is 12.8 Å². The van der Waals surface area contributed by atoms with E-state index in [2.05, 4.69) is 0 Å². The fraction of sp³-hybridized carbons (Fsp3) is 0.667. The van der Waals surface area contributed by atoms with Crippen LogP contribution >= 0.6 is 7.92 Å². The van der Waals surface area contributed by atoms with Crippen LogP contribution in [0.2, 0.25) is 0 Å². The van der Waals surface area contributed by atoms with Gasteiger partial charge < -0.3 is 0 Å². The molecule has 0 fully saturated rings. The Balaban J connectivity index is 3.97. The molecule has 0 spiro atoms. The molecule has 0 aliphatic rings. The molecule has 1 atom stereocenters. The van der Waals surface area contributed by atoms with Gasteiger partial charge in [-0.05, 0) is 12.5 Å². The lowest BCUT2D eigenvalue weighted by Crippen LogP contribution is -2.57. The van der Waals surface area contributed by atoms with Gasteiger partial charge in [-0.1, -0.05) is 26.2 Å². The van der Waals surface area contributed by atoms with Gasteiger partial charge in [0.15, 0.2) is 11.6 Å². The summed E-state index contributed by atoms with van der Waals surface area (Å²) < 4.78 is 233. The summed E-state index contributed by atoms with van der Waals surface area (Å²) in [6, 6.07) is -1.35. The third-order valence-corrected chi connectivity index (χ3v) is 7.21. The summed E-state index contributed by atoms with van der Waals surface area (Å²) in [6.45, 7) is 1.50.